The van der Waals surface area contributed by atoms with E-state index in [0.29, 0.717) is 31.0 Å². The fourth-order valence-corrected chi connectivity index (χ4v) is 1.21. The number of carbonyl (C=O) groups excluding carboxylic acids is 1. The molecule has 1 amide bonds. The van der Waals surface area contributed by atoms with Gasteiger partial charge in [0.25, 0.3) is 0 Å². The molecule has 23 heavy (non-hydrogen) atoms. The van der Waals surface area contributed by atoms with Crippen molar-refractivity contribution in [1.29, 1.82) is 0 Å². The first-order chi connectivity index (χ1) is 11.0. The van der Waals surface area contributed by atoms with Gasteiger partial charge in [-0.15, -0.1) is 10.2 Å². The molecule has 0 aliphatic rings. The van der Waals surface area contributed by atoms with E-state index in [4.69, 9.17) is 11.5 Å². The number of benzene rings is 1. The Hall–Kier alpha value is -2.41. The molecule has 0 heterocycles. The molecule has 1 aromatic rings. The normalized spacial score (nSPS) is 10.7. The summed E-state index contributed by atoms with van der Waals surface area (Å²) < 4.78 is 0. The van der Waals surface area contributed by atoms with E-state index in [1.807, 2.05) is 59.1 Å². The molecule has 0 saturated heterocycles. The summed E-state index contributed by atoms with van der Waals surface area (Å²) in [7, 11) is 3.75. The fourth-order valence-electron chi connectivity index (χ4n) is 1.21. The lowest BCUT2D eigenvalue weighted by Gasteiger charge is -2.00. The van der Waals surface area contributed by atoms with Gasteiger partial charge in [0.15, 0.2) is 5.84 Å². The molecule has 0 bridgehead atoms. The molecule has 6 N–H and O–H groups in total. The summed E-state index contributed by atoms with van der Waals surface area (Å²) in [5.41, 5.74) is 13.3. The first-order valence-electron chi connectivity index (χ1n) is 7.53. The van der Waals surface area contributed by atoms with Crippen molar-refractivity contribution in [2.24, 2.45) is 21.7 Å². The maximum absolute atomic E-state index is 10.0. The summed E-state index contributed by atoms with van der Waals surface area (Å²) in [6.45, 7) is 6.42. The SMILES string of the molecule is CC.CNC.Cc1ccc(/C(N)=N/N=C(\N)CCNC=O)cc1. The van der Waals surface area contributed by atoms with Crippen molar-refractivity contribution in [2.45, 2.75) is 27.2 Å². The van der Waals surface area contributed by atoms with E-state index in [9.17, 15) is 4.79 Å². The molecular formula is C16H30N6O. The van der Waals surface area contributed by atoms with Crippen molar-refractivity contribution >= 4 is 18.1 Å². The zero-order chi connectivity index (χ0) is 18.1. The van der Waals surface area contributed by atoms with Gasteiger partial charge in [-0.05, 0) is 21.0 Å². The summed E-state index contributed by atoms with van der Waals surface area (Å²) in [6.07, 6.45) is 1.04. The zero-order valence-corrected chi connectivity index (χ0v) is 14.8. The van der Waals surface area contributed by atoms with Gasteiger partial charge in [0.2, 0.25) is 6.41 Å². The van der Waals surface area contributed by atoms with Gasteiger partial charge in [0, 0.05) is 18.5 Å². The van der Waals surface area contributed by atoms with Crippen LogP contribution in [0.15, 0.2) is 34.5 Å². The molecule has 0 aromatic heterocycles. The molecule has 0 aliphatic carbocycles. The van der Waals surface area contributed by atoms with Crippen molar-refractivity contribution in [2.75, 3.05) is 20.6 Å². The lowest BCUT2D eigenvalue weighted by atomic mass is 10.1. The molecule has 0 saturated carbocycles. The van der Waals surface area contributed by atoms with Crippen LogP contribution >= 0.6 is 0 Å². The van der Waals surface area contributed by atoms with E-state index in [1.165, 1.54) is 0 Å². The lowest BCUT2D eigenvalue weighted by Crippen LogP contribution is -2.21. The van der Waals surface area contributed by atoms with Crippen LogP contribution in [0.1, 0.15) is 31.4 Å². The van der Waals surface area contributed by atoms with E-state index >= 15 is 0 Å². The topological polar surface area (TPSA) is 118 Å². The molecule has 1 rings (SSSR count). The number of hydrogen-bond acceptors (Lipinski definition) is 4. The maximum atomic E-state index is 10.0. The summed E-state index contributed by atoms with van der Waals surface area (Å²) in [4.78, 5) is 10.0. The number of nitrogens with one attached hydrogen (secondary N) is 2. The van der Waals surface area contributed by atoms with Crippen LogP contribution in [0.3, 0.4) is 0 Å². The largest absolute Gasteiger partial charge is 0.386 e. The maximum Gasteiger partial charge on any atom is 0.207 e. The van der Waals surface area contributed by atoms with Gasteiger partial charge in [-0.3, -0.25) is 4.79 Å². The molecule has 0 fully saturated rings. The van der Waals surface area contributed by atoms with Gasteiger partial charge in [-0.2, -0.15) is 0 Å². The lowest BCUT2D eigenvalue weighted by molar-refractivity contribution is -0.109. The second-order valence-electron chi connectivity index (χ2n) is 4.26. The van der Waals surface area contributed by atoms with Crippen LogP contribution in [0, 0.1) is 6.92 Å². The second-order valence-corrected chi connectivity index (χ2v) is 4.26. The Morgan fingerprint density at radius 2 is 1.65 bits per heavy atom. The van der Waals surface area contributed by atoms with Crippen LogP contribution in [0.2, 0.25) is 0 Å². The Labute approximate surface area is 139 Å². The van der Waals surface area contributed by atoms with E-state index in [-0.39, 0.29) is 0 Å². The van der Waals surface area contributed by atoms with Crippen LogP contribution in [0.25, 0.3) is 0 Å². The van der Waals surface area contributed by atoms with E-state index in [2.05, 4.69) is 20.8 Å². The average molecular weight is 322 g/mol. The monoisotopic (exact) mass is 322 g/mol. The van der Waals surface area contributed by atoms with Crippen LogP contribution in [0.4, 0.5) is 0 Å². The molecule has 7 heteroatoms. The van der Waals surface area contributed by atoms with Gasteiger partial charge < -0.3 is 22.1 Å². The van der Waals surface area contributed by atoms with Crippen LogP contribution < -0.4 is 22.1 Å². The molecule has 0 unspecified atom stereocenters. The Bertz CT molecular complexity index is 468. The Kier molecular flexibility index (Phi) is 15.9. The summed E-state index contributed by atoms with van der Waals surface area (Å²) >= 11 is 0. The molecule has 0 spiro atoms. The van der Waals surface area contributed by atoms with Gasteiger partial charge in [-0.1, -0.05) is 43.7 Å². The third-order valence-electron chi connectivity index (χ3n) is 2.24. The number of amides is 1. The highest BCUT2D eigenvalue weighted by Crippen LogP contribution is 2.02. The Morgan fingerprint density at radius 1 is 1.13 bits per heavy atom. The van der Waals surface area contributed by atoms with Crippen molar-refractivity contribution in [3.8, 4) is 0 Å². The van der Waals surface area contributed by atoms with Crippen molar-refractivity contribution < 1.29 is 4.79 Å². The minimum atomic E-state index is 0.307. The fraction of sp³-hybridized carbons (Fsp3) is 0.438. The van der Waals surface area contributed by atoms with Gasteiger partial charge in [0.1, 0.15) is 5.84 Å². The molecular weight excluding hydrogens is 292 g/mol. The minimum absolute atomic E-state index is 0.307. The summed E-state index contributed by atoms with van der Waals surface area (Å²) in [5, 5.41) is 12.9. The first-order valence-corrected chi connectivity index (χ1v) is 7.53. The molecule has 0 atom stereocenters. The van der Waals surface area contributed by atoms with E-state index in [0.717, 1.165) is 11.1 Å². The van der Waals surface area contributed by atoms with Crippen LogP contribution in [0.5, 0.6) is 0 Å². The molecule has 1 aromatic carbocycles. The standard InChI is InChI=1S/C12H17N5O.C2H7N.C2H6/c1-9-2-4-10(5-3-9)12(14)17-16-11(13)6-7-15-8-18;1-3-2;1-2/h2-5,8H,6-7H2,1H3,(H2,13,16)(H2,14,17)(H,15,18);3H,1-2H3;1-2H3. The van der Waals surface area contributed by atoms with Gasteiger partial charge in [0.05, 0.1) is 0 Å². The number of nitrogens with two attached hydrogens (primary N) is 2. The number of nitrogens with zero attached hydrogens (tertiary/aromatic N) is 2. The second kappa shape index (κ2) is 16.0. The van der Waals surface area contributed by atoms with Gasteiger partial charge in [-0.25, -0.2) is 0 Å². The van der Waals surface area contributed by atoms with Gasteiger partial charge >= 0.3 is 0 Å². The minimum Gasteiger partial charge on any atom is -0.386 e. The highest BCUT2D eigenvalue weighted by molar-refractivity contribution is 5.97. The highest BCUT2D eigenvalue weighted by atomic mass is 16.1. The van der Waals surface area contributed by atoms with Crippen LogP contribution in [-0.4, -0.2) is 38.7 Å². The third-order valence-corrected chi connectivity index (χ3v) is 2.24. The summed E-state index contributed by atoms with van der Waals surface area (Å²) in [5.74, 6) is 0.626. The summed E-state index contributed by atoms with van der Waals surface area (Å²) in [6, 6.07) is 7.62. The molecule has 0 radical (unpaired) electrons. The van der Waals surface area contributed by atoms with Crippen molar-refractivity contribution in [3.05, 3.63) is 35.4 Å². The predicted octanol–water partition coefficient (Wildman–Crippen LogP) is 0.970. The third kappa shape index (κ3) is 13.0. The quantitative estimate of drug-likeness (QED) is 0.205. The Balaban J connectivity index is 0. The van der Waals surface area contributed by atoms with E-state index in [1.54, 1.807) is 0 Å². The molecule has 130 valence electrons. The highest BCUT2D eigenvalue weighted by Gasteiger charge is 1.97. The first kappa shape index (κ1) is 22.9. The van der Waals surface area contributed by atoms with E-state index < -0.39 is 0 Å². The smallest absolute Gasteiger partial charge is 0.207 e. The molecule has 0 aliphatic heterocycles. The Morgan fingerprint density at radius 3 is 2.13 bits per heavy atom. The van der Waals surface area contributed by atoms with Crippen molar-refractivity contribution in [1.82, 2.24) is 10.6 Å². The molecule has 7 nitrogen and oxygen atoms in total. The van der Waals surface area contributed by atoms with Crippen molar-refractivity contribution in [3.63, 3.8) is 0 Å². The predicted molar refractivity (Wildman–Crippen MR) is 98.5 cm³/mol. The number of carbonyl (C=O) groups is 1. The number of aryl methyl sites for hydroxylation is 1. The number of rotatable bonds is 6. The number of amidine groups is 2. The average Bonchev–Trinajstić information content (AvgIpc) is 2.56. The zero-order valence-electron chi connectivity index (χ0n) is 14.8. The number of hydrogen-bond donors (Lipinski definition) is 4. The van der Waals surface area contributed by atoms with Crippen LogP contribution in [-0.2, 0) is 4.79 Å².